The van der Waals surface area contributed by atoms with Crippen molar-refractivity contribution < 1.29 is 9.53 Å². The molecule has 3 aromatic rings. The van der Waals surface area contributed by atoms with Crippen LogP contribution in [0.15, 0.2) is 48.9 Å². The molecule has 0 atom stereocenters. The van der Waals surface area contributed by atoms with Gasteiger partial charge >= 0.3 is 0 Å². The molecule has 0 unspecified atom stereocenters. The van der Waals surface area contributed by atoms with Crippen LogP contribution in [0.2, 0.25) is 0 Å². The first kappa shape index (κ1) is 15.1. The third kappa shape index (κ3) is 2.90. The minimum atomic E-state index is -0.0176. The van der Waals surface area contributed by atoms with E-state index in [9.17, 15) is 4.79 Å². The van der Waals surface area contributed by atoms with Gasteiger partial charge in [0.25, 0.3) is 0 Å². The highest BCUT2D eigenvalue weighted by molar-refractivity contribution is 5.95. The predicted octanol–water partition coefficient (Wildman–Crippen LogP) is 3.75. The van der Waals surface area contributed by atoms with Crippen LogP contribution in [0.1, 0.15) is 20.3 Å². The van der Waals surface area contributed by atoms with E-state index in [1.54, 1.807) is 6.20 Å². The quantitative estimate of drug-likeness (QED) is 0.745. The van der Waals surface area contributed by atoms with Gasteiger partial charge in [-0.15, -0.1) is 0 Å². The van der Waals surface area contributed by atoms with Crippen LogP contribution in [-0.4, -0.2) is 21.9 Å². The molecule has 0 radical (unpaired) electrons. The van der Waals surface area contributed by atoms with Crippen LogP contribution in [0, 0.1) is 0 Å². The lowest BCUT2D eigenvalue weighted by molar-refractivity contribution is -0.116. The summed E-state index contributed by atoms with van der Waals surface area (Å²) < 4.78 is 7.75. The molecule has 1 amide bonds. The van der Waals surface area contributed by atoms with E-state index in [4.69, 9.17) is 4.74 Å². The summed E-state index contributed by atoms with van der Waals surface area (Å²) in [6.07, 6.45) is 6.05. The fraction of sp³-hybridized carbons (Fsp3) is 0.222. The second kappa shape index (κ2) is 6.52. The summed E-state index contributed by atoms with van der Waals surface area (Å²) in [6, 6.07) is 9.74. The number of carbonyl (C=O) groups is 1. The van der Waals surface area contributed by atoms with Gasteiger partial charge in [-0.2, -0.15) is 0 Å². The topological polar surface area (TPSA) is 55.6 Å². The van der Waals surface area contributed by atoms with Gasteiger partial charge < -0.3 is 14.5 Å². The van der Waals surface area contributed by atoms with Crippen LogP contribution >= 0.6 is 0 Å². The monoisotopic (exact) mass is 309 g/mol. The maximum Gasteiger partial charge on any atom is 0.227 e. The smallest absolute Gasteiger partial charge is 0.227 e. The van der Waals surface area contributed by atoms with Crippen LogP contribution in [0.5, 0.6) is 5.75 Å². The molecule has 5 nitrogen and oxygen atoms in total. The summed E-state index contributed by atoms with van der Waals surface area (Å²) in [5.74, 6) is 0.707. The first-order chi connectivity index (χ1) is 11.3. The van der Waals surface area contributed by atoms with Crippen molar-refractivity contribution >= 4 is 17.2 Å². The minimum absolute atomic E-state index is 0.0176. The molecule has 118 valence electrons. The molecule has 0 saturated heterocycles. The van der Waals surface area contributed by atoms with Gasteiger partial charge in [-0.25, -0.2) is 4.98 Å². The number of hydrogen-bond donors (Lipinski definition) is 1. The Morgan fingerprint density at radius 3 is 2.96 bits per heavy atom. The van der Waals surface area contributed by atoms with Crippen molar-refractivity contribution in [2.75, 3.05) is 11.9 Å². The van der Waals surface area contributed by atoms with E-state index in [1.165, 1.54) is 0 Å². The van der Waals surface area contributed by atoms with E-state index in [2.05, 4.69) is 10.3 Å². The Hall–Kier alpha value is -2.82. The number of nitrogens with zero attached hydrogens (tertiary/aromatic N) is 2. The summed E-state index contributed by atoms with van der Waals surface area (Å²) in [5.41, 5.74) is 3.61. The molecular weight excluding hydrogens is 290 g/mol. The summed E-state index contributed by atoms with van der Waals surface area (Å²) >= 11 is 0. The third-order valence-corrected chi connectivity index (χ3v) is 3.56. The van der Waals surface area contributed by atoms with E-state index in [-0.39, 0.29) is 5.91 Å². The average Bonchev–Trinajstić information content (AvgIpc) is 2.96. The molecule has 1 aromatic carbocycles. The predicted molar refractivity (Wildman–Crippen MR) is 90.7 cm³/mol. The van der Waals surface area contributed by atoms with Gasteiger partial charge in [0.1, 0.15) is 5.65 Å². The Kier molecular flexibility index (Phi) is 4.28. The number of aromatic nitrogens is 2. The van der Waals surface area contributed by atoms with Gasteiger partial charge in [-0.05, 0) is 18.2 Å². The molecule has 1 N–H and O–H groups in total. The number of rotatable bonds is 1. The highest BCUT2D eigenvalue weighted by Gasteiger charge is 2.17. The van der Waals surface area contributed by atoms with Gasteiger partial charge in [0.15, 0.2) is 5.75 Å². The first-order valence-corrected chi connectivity index (χ1v) is 7.80. The third-order valence-electron chi connectivity index (χ3n) is 3.56. The molecule has 0 fully saturated rings. The molecule has 23 heavy (non-hydrogen) atoms. The molecule has 0 saturated carbocycles. The first-order valence-electron chi connectivity index (χ1n) is 7.80. The highest BCUT2D eigenvalue weighted by atomic mass is 16.5. The number of nitrogens with one attached hydrogen (secondary N) is 1. The number of fused-ring (bicyclic) bond motifs is 2. The van der Waals surface area contributed by atoms with Crippen LogP contribution in [-0.2, 0) is 4.79 Å². The van der Waals surface area contributed by atoms with Crippen molar-refractivity contribution in [1.29, 1.82) is 0 Å². The van der Waals surface area contributed by atoms with E-state index in [1.807, 2.05) is 61.0 Å². The number of carbonyl (C=O) groups excluding carboxylic acids is 1. The summed E-state index contributed by atoms with van der Waals surface area (Å²) in [5, 5.41) is 2.88. The van der Waals surface area contributed by atoms with E-state index < -0.39 is 0 Å². The van der Waals surface area contributed by atoms with Crippen LogP contribution in [0.4, 0.5) is 5.69 Å². The lowest BCUT2D eigenvalue weighted by Gasteiger charge is -2.13. The number of anilines is 1. The Balaban J connectivity index is 0.000000753. The number of ether oxygens (including phenoxy) is 1. The number of amides is 1. The van der Waals surface area contributed by atoms with Crippen LogP contribution in [0.3, 0.4) is 0 Å². The van der Waals surface area contributed by atoms with Gasteiger partial charge in [0.05, 0.1) is 18.7 Å². The maximum atomic E-state index is 11.6. The van der Waals surface area contributed by atoms with Gasteiger partial charge in [0, 0.05) is 29.7 Å². The zero-order chi connectivity index (χ0) is 16.2. The Morgan fingerprint density at radius 1 is 1.22 bits per heavy atom. The molecule has 0 aliphatic carbocycles. The maximum absolute atomic E-state index is 11.6. The van der Waals surface area contributed by atoms with Crippen molar-refractivity contribution in [2.45, 2.75) is 20.3 Å². The van der Waals surface area contributed by atoms with E-state index in [0.29, 0.717) is 13.0 Å². The highest BCUT2D eigenvalue weighted by Crippen LogP contribution is 2.37. The molecule has 0 spiro atoms. The lowest BCUT2D eigenvalue weighted by Crippen LogP contribution is -2.10. The molecule has 1 aliphatic heterocycles. The molecular formula is C18H19N3O2. The van der Waals surface area contributed by atoms with Crippen LogP contribution in [0.25, 0.3) is 16.8 Å². The Labute approximate surface area is 134 Å². The van der Waals surface area contributed by atoms with Gasteiger partial charge in [0.2, 0.25) is 5.91 Å². The fourth-order valence-corrected chi connectivity index (χ4v) is 2.56. The lowest BCUT2D eigenvalue weighted by atomic mass is 10.1. The largest absolute Gasteiger partial charge is 0.490 e. The normalized spacial score (nSPS) is 13.2. The Morgan fingerprint density at radius 2 is 2.09 bits per heavy atom. The van der Waals surface area contributed by atoms with Crippen molar-refractivity contribution in [3.63, 3.8) is 0 Å². The minimum Gasteiger partial charge on any atom is -0.490 e. The molecule has 1 aliphatic rings. The average molecular weight is 309 g/mol. The van der Waals surface area contributed by atoms with E-state index >= 15 is 0 Å². The van der Waals surface area contributed by atoms with Crippen LogP contribution < -0.4 is 10.1 Å². The Bertz CT molecular complexity index is 839. The standard InChI is InChI=1S/C16H13N3O2.C2H6/c20-15-6-9-21-16-12(2-1-3-13(16)18-15)11-4-5-14-17-7-8-19(14)10-11;1-2/h1-5,7-8,10H,6,9H2,(H,18,20);1-2H3. The SMILES string of the molecule is CC.O=C1CCOc2c(cccc2-c2ccc3nccn3c2)N1. The number of benzene rings is 1. The zero-order valence-corrected chi connectivity index (χ0v) is 13.2. The number of pyridine rings is 1. The summed E-state index contributed by atoms with van der Waals surface area (Å²) in [7, 11) is 0. The molecule has 5 heteroatoms. The zero-order valence-electron chi connectivity index (χ0n) is 13.2. The second-order valence-electron chi connectivity index (χ2n) is 4.94. The summed E-state index contributed by atoms with van der Waals surface area (Å²) in [4.78, 5) is 15.9. The van der Waals surface area contributed by atoms with Crippen molar-refractivity contribution in [2.24, 2.45) is 0 Å². The number of para-hydroxylation sites is 1. The van der Waals surface area contributed by atoms with Crippen molar-refractivity contribution in [1.82, 2.24) is 9.38 Å². The molecule has 3 heterocycles. The van der Waals surface area contributed by atoms with E-state index in [0.717, 1.165) is 28.2 Å². The van der Waals surface area contributed by atoms with Crippen molar-refractivity contribution in [3.05, 3.63) is 48.9 Å². The molecule has 0 bridgehead atoms. The molecule has 4 rings (SSSR count). The van der Waals surface area contributed by atoms with Crippen molar-refractivity contribution in [3.8, 4) is 16.9 Å². The fourth-order valence-electron chi connectivity index (χ4n) is 2.56. The number of hydrogen-bond acceptors (Lipinski definition) is 3. The number of imidazole rings is 1. The second-order valence-corrected chi connectivity index (χ2v) is 4.94. The molecule has 2 aromatic heterocycles. The van der Waals surface area contributed by atoms with Gasteiger partial charge in [-0.1, -0.05) is 26.0 Å². The summed E-state index contributed by atoms with van der Waals surface area (Å²) in [6.45, 7) is 4.39. The van der Waals surface area contributed by atoms with Gasteiger partial charge in [-0.3, -0.25) is 4.79 Å².